The molecule has 7 heteroatoms. The van der Waals surface area contributed by atoms with Crippen molar-refractivity contribution >= 4 is 6.29 Å². The van der Waals surface area contributed by atoms with Gasteiger partial charge >= 0.3 is 0 Å². The molecule has 0 atom stereocenters. The zero-order valence-electron chi connectivity index (χ0n) is 13.2. The summed E-state index contributed by atoms with van der Waals surface area (Å²) in [6, 6.07) is 7.47. The minimum Gasteiger partial charge on any atom is -0.504 e. The maximum atomic E-state index is 11.1. The van der Waals surface area contributed by atoms with Gasteiger partial charge in [0, 0.05) is 105 Å². The van der Waals surface area contributed by atoms with Gasteiger partial charge in [0.15, 0.2) is 29.3 Å². The number of hydrogen-bond donors (Lipinski definition) is 2. The van der Waals surface area contributed by atoms with Gasteiger partial charge in [-0.15, -0.1) is 0 Å². The van der Waals surface area contributed by atoms with Crippen LogP contribution in [-0.4, -0.2) is 30.7 Å². The first-order valence-corrected chi connectivity index (χ1v) is 6.34. The number of benzene rings is 2. The second-order valence-electron chi connectivity index (χ2n) is 4.37. The summed E-state index contributed by atoms with van der Waals surface area (Å²) in [5.41, 5.74) is 1.30. The van der Waals surface area contributed by atoms with Crippen molar-refractivity contribution in [1.82, 2.24) is 0 Å². The quantitative estimate of drug-likeness (QED) is 0.431. The number of aldehydes is 1. The van der Waals surface area contributed by atoms with Crippen LogP contribution in [0.2, 0.25) is 0 Å². The fraction of sp³-hybridized carbons (Fsp3) is 0.118. The molecule has 0 bridgehead atoms. The Balaban J connectivity index is 0.00000264. The maximum Gasteiger partial charge on any atom is 0.161 e. The van der Waals surface area contributed by atoms with Crippen LogP contribution in [0.25, 0.3) is 0 Å². The Kier molecular flexibility index (Phi) is 11.1. The van der Waals surface area contributed by atoms with Crippen LogP contribution in [0, 0.1) is 94.4 Å². The first kappa shape index (κ1) is 23.6. The van der Waals surface area contributed by atoms with Crippen LogP contribution in [0.5, 0.6) is 23.0 Å². The van der Waals surface area contributed by atoms with Crippen molar-refractivity contribution in [3.63, 3.8) is 0 Å². The Hall–Kier alpha value is -0.403. The molecule has 5 nitrogen and oxygen atoms in total. The average molecular weight is 580 g/mol. The number of ether oxygens (including phenoxy) is 2. The topological polar surface area (TPSA) is 76.0 Å². The maximum absolute atomic E-state index is 11.1. The predicted molar refractivity (Wildman–Crippen MR) is 80.7 cm³/mol. The largest absolute Gasteiger partial charge is 0.504 e. The number of phenolic OH excluding ortho intramolecular Hbond substituents is 2. The first-order valence-electron chi connectivity index (χ1n) is 6.34. The van der Waals surface area contributed by atoms with E-state index in [1.54, 1.807) is 12.1 Å². The monoisotopic (exact) mass is 580 g/mol. The summed E-state index contributed by atoms with van der Waals surface area (Å²) in [7, 11) is 2.86. The molecule has 0 saturated carbocycles. The van der Waals surface area contributed by atoms with Crippen molar-refractivity contribution in [2.45, 2.75) is 0 Å². The summed E-state index contributed by atoms with van der Waals surface area (Å²) in [6.07, 6.45) is 0.612. The van der Waals surface area contributed by atoms with E-state index in [-0.39, 0.29) is 105 Å². The van der Waals surface area contributed by atoms with Crippen LogP contribution in [0.15, 0.2) is 30.3 Å². The second-order valence-corrected chi connectivity index (χ2v) is 4.37. The third kappa shape index (κ3) is 5.84. The summed E-state index contributed by atoms with van der Waals surface area (Å²) in [5, 5.41) is 19.2. The SMILES string of the molecule is COc1cc(C#Cc2cc(OC)c(O)cc2C=O)ccc1O.[Pr].[Pr]. The van der Waals surface area contributed by atoms with Crippen LogP contribution >= 0.6 is 0 Å². The number of carbonyl (C=O) groups excluding carboxylic acids is 1. The van der Waals surface area contributed by atoms with E-state index < -0.39 is 0 Å². The molecular formula is C17H14O5Pr2. The molecule has 0 aliphatic carbocycles. The molecule has 2 radical (unpaired) electrons. The number of hydrogen-bond acceptors (Lipinski definition) is 5. The zero-order chi connectivity index (χ0) is 16.1. The molecule has 0 aliphatic heterocycles. The van der Waals surface area contributed by atoms with E-state index >= 15 is 0 Å². The van der Waals surface area contributed by atoms with Gasteiger partial charge in [0.05, 0.1) is 14.2 Å². The summed E-state index contributed by atoms with van der Waals surface area (Å²) < 4.78 is 10.0. The van der Waals surface area contributed by atoms with Gasteiger partial charge in [0.25, 0.3) is 0 Å². The minimum absolute atomic E-state index is 0. The second kappa shape index (κ2) is 11.3. The van der Waals surface area contributed by atoms with E-state index in [2.05, 4.69) is 11.8 Å². The van der Waals surface area contributed by atoms with Crippen LogP contribution < -0.4 is 9.47 Å². The van der Waals surface area contributed by atoms with Crippen LogP contribution in [0.1, 0.15) is 21.5 Å². The number of aromatic hydroxyl groups is 2. The minimum atomic E-state index is -0.124. The van der Waals surface area contributed by atoms with E-state index in [4.69, 9.17) is 9.47 Å². The molecule has 24 heavy (non-hydrogen) atoms. The molecular weight excluding hydrogens is 566 g/mol. The molecule has 0 heterocycles. The average Bonchev–Trinajstić information content (AvgIpc) is 2.54. The normalized spacial score (nSPS) is 8.75. The summed E-state index contributed by atoms with van der Waals surface area (Å²) >= 11 is 0. The molecule has 0 aromatic heterocycles. The van der Waals surface area contributed by atoms with Gasteiger partial charge in [0.1, 0.15) is 0 Å². The van der Waals surface area contributed by atoms with Gasteiger partial charge in [-0.3, -0.25) is 4.79 Å². The van der Waals surface area contributed by atoms with Crippen LogP contribution in [0.4, 0.5) is 0 Å². The van der Waals surface area contributed by atoms with Gasteiger partial charge in [0.2, 0.25) is 0 Å². The fourth-order valence-corrected chi connectivity index (χ4v) is 1.85. The molecule has 0 spiro atoms. The Morgan fingerprint density at radius 3 is 2.12 bits per heavy atom. The zero-order valence-corrected chi connectivity index (χ0v) is 20.6. The number of carbonyl (C=O) groups is 1. The van der Waals surface area contributed by atoms with Crippen molar-refractivity contribution in [3.8, 4) is 34.8 Å². The molecule has 2 aromatic carbocycles. The number of methoxy groups -OCH3 is 2. The molecule has 118 valence electrons. The van der Waals surface area contributed by atoms with Gasteiger partial charge in [-0.05, 0) is 24.3 Å². The molecule has 2 rings (SSSR count). The van der Waals surface area contributed by atoms with Crippen molar-refractivity contribution < 1.29 is 107 Å². The molecule has 0 aliphatic rings. The third-order valence-electron chi connectivity index (χ3n) is 3.00. The predicted octanol–water partition coefficient (Wildman–Crippen LogP) is 2.33. The third-order valence-corrected chi connectivity index (χ3v) is 3.00. The molecule has 2 N–H and O–H groups in total. The molecule has 0 saturated heterocycles. The Morgan fingerprint density at radius 2 is 1.54 bits per heavy atom. The summed E-state index contributed by atoms with van der Waals surface area (Å²) in [4.78, 5) is 11.1. The van der Waals surface area contributed by atoms with Gasteiger partial charge in [-0.2, -0.15) is 0 Å². The summed E-state index contributed by atoms with van der Waals surface area (Å²) in [5.74, 6) is 6.16. The van der Waals surface area contributed by atoms with Crippen molar-refractivity contribution in [2.75, 3.05) is 14.2 Å². The van der Waals surface area contributed by atoms with Gasteiger partial charge in [-0.25, -0.2) is 0 Å². The van der Waals surface area contributed by atoms with Crippen LogP contribution in [-0.2, 0) is 0 Å². The van der Waals surface area contributed by atoms with Gasteiger partial charge < -0.3 is 19.7 Å². The van der Waals surface area contributed by atoms with E-state index in [1.807, 2.05) is 0 Å². The Morgan fingerprint density at radius 1 is 0.917 bits per heavy atom. The molecule has 0 amide bonds. The van der Waals surface area contributed by atoms with Crippen molar-refractivity contribution in [2.24, 2.45) is 0 Å². The Bertz CT molecular complexity index is 779. The number of rotatable bonds is 3. The Labute approximate surface area is 206 Å². The van der Waals surface area contributed by atoms with Crippen LogP contribution in [0.3, 0.4) is 0 Å². The number of phenols is 2. The van der Waals surface area contributed by atoms with E-state index in [1.165, 1.54) is 32.4 Å². The van der Waals surface area contributed by atoms with Gasteiger partial charge in [-0.1, -0.05) is 11.8 Å². The fourth-order valence-electron chi connectivity index (χ4n) is 1.85. The standard InChI is InChI=1S/C17H14O5.2Pr/c1-21-16-7-11(4-6-14(16)19)3-5-12-9-17(22-2)15(20)8-13(12)10-18;;/h4,6-10,19-20H,1-2H3;;. The smallest absolute Gasteiger partial charge is 0.161 e. The van der Waals surface area contributed by atoms with E-state index in [0.29, 0.717) is 23.2 Å². The molecule has 0 fully saturated rings. The van der Waals surface area contributed by atoms with E-state index in [0.717, 1.165) is 0 Å². The van der Waals surface area contributed by atoms with E-state index in [9.17, 15) is 15.0 Å². The first-order chi connectivity index (χ1) is 10.6. The molecule has 0 unspecified atom stereocenters. The molecule has 2 aromatic rings. The van der Waals surface area contributed by atoms with Crippen molar-refractivity contribution in [1.29, 1.82) is 0 Å². The van der Waals surface area contributed by atoms with Crippen molar-refractivity contribution in [3.05, 3.63) is 47.0 Å². The summed E-state index contributed by atoms with van der Waals surface area (Å²) in [6.45, 7) is 0.